The van der Waals surface area contributed by atoms with Gasteiger partial charge in [0.1, 0.15) is 18.3 Å². The van der Waals surface area contributed by atoms with Gasteiger partial charge < -0.3 is 15.0 Å². The Hall–Kier alpha value is -3.85. The van der Waals surface area contributed by atoms with Crippen LogP contribution in [0.4, 0.5) is 5.69 Å². The first kappa shape index (κ1) is 31.7. The first-order valence-corrected chi connectivity index (χ1v) is 15.3. The van der Waals surface area contributed by atoms with Crippen molar-refractivity contribution in [2.45, 2.75) is 71.0 Å². The lowest BCUT2D eigenvalue weighted by Crippen LogP contribution is -2.53. The molecule has 1 N–H and O–H groups in total. The molecule has 220 valence electrons. The lowest BCUT2D eigenvalue weighted by molar-refractivity contribution is -0.140. The van der Waals surface area contributed by atoms with E-state index in [1.54, 1.807) is 67.8 Å². The van der Waals surface area contributed by atoms with E-state index < -0.39 is 28.5 Å². The van der Waals surface area contributed by atoms with E-state index in [0.717, 1.165) is 27.4 Å². The molecule has 0 saturated heterocycles. The van der Waals surface area contributed by atoms with Crippen molar-refractivity contribution < 1.29 is 22.7 Å². The number of aryl methyl sites for hydroxylation is 2. The quantitative estimate of drug-likeness (QED) is 0.299. The van der Waals surface area contributed by atoms with Gasteiger partial charge in [-0.15, -0.1) is 0 Å². The van der Waals surface area contributed by atoms with Gasteiger partial charge >= 0.3 is 0 Å². The second-order valence-electron chi connectivity index (χ2n) is 10.3. The fraction of sp³-hybridized carbons (Fsp3) is 0.375. The molecule has 41 heavy (non-hydrogen) atoms. The molecule has 3 rings (SSSR count). The highest BCUT2D eigenvalue weighted by Crippen LogP contribution is 2.26. The molecule has 8 nitrogen and oxygen atoms in total. The van der Waals surface area contributed by atoms with Crippen LogP contribution in [0.1, 0.15) is 50.3 Å². The van der Waals surface area contributed by atoms with E-state index in [9.17, 15) is 18.0 Å². The van der Waals surface area contributed by atoms with Crippen LogP contribution in [0.15, 0.2) is 77.7 Å². The standard InChI is InChI=1S/C32H41N3O5S/c1-7-25(5)33-32(37)30(8-2)34(21-26-10-9-11-28(20-26)40-6)31(36)22-35(27-16-12-23(3)13-17-27)41(38,39)29-18-14-24(4)15-19-29/h9-20,25,30H,7-8,21-22H2,1-6H3,(H,33,37)/t25-,30-/m1/s1. The molecule has 3 aromatic carbocycles. The van der Waals surface area contributed by atoms with Crippen molar-refractivity contribution >= 4 is 27.5 Å². The maximum Gasteiger partial charge on any atom is 0.264 e. The zero-order valence-corrected chi connectivity index (χ0v) is 25.6. The van der Waals surface area contributed by atoms with Gasteiger partial charge in [0, 0.05) is 12.6 Å². The second kappa shape index (κ2) is 14.2. The first-order valence-electron chi connectivity index (χ1n) is 13.9. The number of rotatable bonds is 13. The van der Waals surface area contributed by atoms with Crippen molar-refractivity contribution in [1.82, 2.24) is 10.2 Å². The number of carbonyl (C=O) groups excluding carboxylic acids is 2. The van der Waals surface area contributed by atoms with Crippen LogP contribution in [0, 0.1) is 13.8 Å². The molecule has 9 heteroatoms. The van der Waals surface area contributed by atoms with E-state index in [2.05, 4.69) is 5.32 Å². The molecule has 0 radical (unpaired) electrons. The molecular weight excluding hydrogens is 538 g/mol. The minimum Gasteiger partial charge on any atom is -0.497 e. The van der Waals surface area contributed by atoms with Gasteiger partial charge in [-0.05, 0) is 75.6 Å². The Labute approximate surface area is 244 Å². The van der Waals surface area contributed by atoms with Crippen LogP contribution in [0.2, 0.25) is 0 Å². The smallest absolute Gasteiger partial charge is 0.264 e. The Bertz CT molecular complexity index is 1420. The van der Waals surface area contributed by atoms with Gasteiger partial charge in [-0.1, -0.05) is 61.4 Å². The van der Waals surface area contributed by atoms with Crippen molar-refractivity contribution in [2.75, 3.05) is 18.0 Å². The third kappa shape index (κ3) is 8.10. The molecule has 3 aromatic rings. The van der Waals surface area contributed by atoms with Crippen molar-refractivity contribution in [1.29, 1.82) is 0 Å². The van der Waals surface area contributed by atoms with Gasteiger partial charge in [0.2, 0.25) is 11.8 Å². The maximum atomic E-state index is 14.2. The molecule has 0 saturated carbocycles. The van der Waals surface area contributed by atoms with Gasteiger partial charge in [-0.3, -0.25) is 13.9 Å². The first-order chi connectivity index (χ1) is 19.5. The Morgan fingerprint density at radius 1 is 0.902 bits per heavy atom. The average molecular weight is 580 g/mol. The number of sulfonamides is 1. The Kier molecular flexibility index (Phi) is 10.9. The van der Waals surface area contributed by atoms with E-state index in [-0.39, 0.29) is 23.4 Å². The van der Waals surface area contributed by atoms with E-state index in [4.69, 9.17) is 4.74 Å². The topological polar surface area (TPSA) is 96.0 Å². The van der Waals surface area contributed by atoms with Crippen molar-refractivity contribution in [2.24, 2.45) is 0 Å². The summed E-state index contributed by atoms with van der Waals surface area (Å²) in [4.78, 5) is 29.1. The molecule has 0 fully saturated rings. The summed E-state index contributed by atoms with van der Waals surface area (Å²) in [6.07, 6.45) is 1.09. The largest absolute Gasteiger partial charge is 0.497 e. The molecule has 0 aliphatic heterocycles. The van der Waals surface area contributed by atoms with Crippen LogP contribution in [0.5, 0.6) is 5.75 Å². The predicted octanol–water partition coefficient (Wildman–Crippen LogP) is 5.23. The lowest BCUT2D eigenvalue weighted by Gasteiger charge is -2.33. The predicted molar refractivity (Wildman–Crippen MR) is 162 cm³/mol. The van der Waals surface area contributed by atoms with Gasteiger partial charge in [-0.25, -0.2) is 8.42 Å². The Morgan fingerprint density at radius 3 is 2.07 bits per heavy atom. The van der Waals surface area contributed by atoms with Gasteiger partial charge in [0.15, 0.2) is 0 Å². The minimum absolute atomic E-state index is 0.0729. The highest BCUT2D eigenvalue weighted by atomic mass is 32.2. The van der Waals surface area contributed by atoms with Crippen LogP contribution in [0.3, 0.4) is 0 Å². The van der Waals surface area contributed by atoms with E-state index in [1.807, 2.05) is 46.8 Å². The van der Waals surface area contributed by atoms with E-state index >= 15 is 0 Å². The number of anilines is 1. The summed E-state index contributed by atoms with van der Waals surface area (Å²) < 4.78 is 34.4. The Balaban J connectivity index is 2.06. The van der Waals surface area contributed by atoms with Crippen LogP contribution in [0.25, 0.3) is 0 Å². The normalized spacial score (nSPS) is 12.7. The molecule has 2 atom stereocenters. The van der Waals surface area contributed by atoms with E-state index in [0.29, 0.717) is 17.9 Å². The summed E-state index contributed by atoms with van der Waals surface area (Å²) in [5, 5.41) is 2.99. The third-order valence-electron chi connectivity index (χ3n) is 7.08. The average Bonchev–Trinajstić information content (AvgIpc) is 2.96. The number of methoxy groups -OCH3 is 1. The van der Waals surface area contributed by atoms with Crippen LogP contribution in [-0.2, 0) is 26.2 Å². The van der Waals surface area contributed by atoms with Crippen LogP contribution >= 0.6 is 0 Å². The summed E-state index contributed by atoms with van der Waals surface area (Å²) in [6, 6.07) is 19.9. The molecule has 0 aromatic heterocycles. The number of hydrogen-bond donors (Lipinski definition) is 1. The van der Waals surface area contributed by atoms with Crippen molar-refractivity contribution in [3.63, 3.8) is 0 Å². The molecule has 2 amide bonds. The number of amides is 2. The van der Waals surface area contributed by atoms with E-state index in [1.165, 1.54) is 4.90 Å². The SMILES string of the molecule is CC[C@@H](C)NC(=O)[C@@H](CC)N(Cc1cccc(OC)c1)C(=O)CN(c1ccc(C)cc1)S(=O)(=O)c1ccc(C)cc1. The van der Waals surface area contributed by atoms with Crippen LogP contribution < -0.4 is 14.4 Å². The summed E-state index contributed by atoms with van der Waals surface area (Å²) >= 11 is 0. The zero-order chi connectivity index (χ0) is 30.2. The zero-order valence-electron chi connectivity index (χ0n) is 24.8. The number of hydrogen-bond acceptors (Lipinski definition) is 5. The Morgan fingerprint density at radius 2 is 1.51 bits per heavy atom. The number of nitrogens with one attached hydrogen (secondary N) is 1. The second-order valence-corrected chi connectivity index (χ2v) is 12.1. The van der Waals surface area contributed by atoms with Gasteiger partial charge in [-0.2, -0.15) is 0 Å². The third-order valence-corrected chi connectivity index (χ3v) is 8.87. The number of nitrogens with zero attached hydrogens (tertiary/aromatic N) is 2. The van der Waals surface area contributed by atoms with Crippen molar-refractivity contribution in [3.8, 4) is 5.75 Å². The monoisotopic (exact) mass is 579 g/mol. The fourth-order valence-electron chi connectivity index (χ4n) is 4.41. The fourth-order valence-corrected chi connectivity index (χ4v) is 5.82. The molecule has 0 spiro atoms. The van der Waals surface area contributed by atoms with Gasteiger partial charge in [0.05, 0.1) is 17.7 Å². The number of carbonyl (C=O) groups is 2. The number of ether oxygens (including phenoxy) is 1. The summed E-state index contributed by atoms with van der Waals surface area (Å²) in [5.74, 6) is -0.146. The highest BCUT2D eigenvalue weighted by Gasteiger charge is 2.34. The molecule has 0 heterocycles. The minimum atomic E-state index is -4.11. The van der Waals surface area contributed by atoms with Gasteiger partial charge in [0.25, 0.3) is 10.0 Å². The van der Waals surface area contributed by atoms with Crippen molar-refractivity contribution in [3.05, 3.63) is 89.5 Å². The summed E-state index contributed by atoms with van der Waals surface area (Å²) in [6.45, 7) is 9.14. The highest BCUT2D eigenvalue weighted by molar-refractivity contribution is 7.92. The molecular formula is C32H41N3O5S. The summed E-state index contributed by atoms with van der Waals surface area (Å²) in [7, 11) is -2.54. The molecule has 0 unspecified atom stereocenters. The maximum absolute atomic E-state index is 14.2. The molecule has 0 aliphatic carbocycles. The summed E-state index contributed by atoms with van der Waals surface area (Å²) in [5.41, 5.74) is 3.00. The van der Waals surface area contributed by atoms with Crippen LogP contribution in [-0.4, -0.2) is 50.9 Å². The molecule has 0 aliphatic rings. The number of benzene rings is 3. The molecule has 0 bridgehead atoms. The lowest BCUT2D eigenvalue weighted by atomic mass is 10.1.